The molecule has 1 heterocycles. The molecule has 1 aromatic heterocycles. The number of methoxy groups -OCH3 is 1. The van der Waals surface area contributed by atoms with E-state index < -0.39 is 0 Å². The summed E-state index contributed by atoms with van der Waals surface area (Å²) in [5.41, 5.74) is 2.39. The largest absolute Gasteiger partial charge is 0.383 e. The van der Waals surface area contributed by atoms with Gasteiger partial charge in [-0.15, -0.1) is 10.2 Å². The first-order valence-electron chi connectivity index (χ1n) is 6.63. The highest BCUT2D eigenvalue weighted by atomic mass is 16.5. The minimum atomic E-state index is -0.263. The molecule has 110 valence electrons. The van der Waals surface area contributed by atoms with Gasteiger partial charge in [0.15, 0.2) is 11.5 Å². The Balaban J connectivity index is 1.95. The van der Waals surface area contributed by atoms with Crippen LogP contribution in [-0.4, -0.2) is 36.4 Å². The second-order valence-electron chi connectivity index (χ2n) is 4.54. The lowest BCUT2D eigenvalue weighted by atomic mass is 10.2. The molecular formula is C15H18N4O2. The highest BCUT2D eigenvalue weighted by Crippen LogP contribution is 2.14. The number of hydrogen-bond donors (Lipinski definition) is 2. The molecule has 6 heteroatoms. The van der Waals surface area contributed by atoms with E-state index in [1.54, 1.807) is 19.2 Å². The first kappa shape index (κ1) is 14.9. The summed E-state index contributed by atoms with van der Waals surface area (Å²) in [4.78, 5) is 11.7. The lowest BCUT2D eigenvalue weighted by Gasteiger charge is -2.06. The normalized spacial score (nSPS) is 10.2. The SMILES string of the molecule is COCCNC(=O)c1ccc(Nc2ccc(C)cc2)nn1. The highest BCUT2D eigenvalue weighted by Gasteiger charge is 2.07. The van der Waals surface area contributed by atoms with Crippen molar-refractivity contribution in [3.05, 3.63) is 47.7 Å². The van der Waals surface area contributed by atoms with E-state index in [4.69, 9.17) is 4.74 Å². The van der Waals surface area contributed by atoms with Crippen molar-refractivity contribution < 1.29 is 9.53 Å². The predicted octanol–water partition coefficient (Wildman–Crippen LogP) is 1.90. The third-order valence-corrected chi connectivity index (χ3v) is 2.81. The Morgan fingerprint density at radius 1 is 1.14 bits per heavy atom. The van der Waals surface area contributed by atoms with E-state index in [0.717, 1.165) is 5.69 Å². The first-order chi connectivity index (χ1) is 10.2. The molecule has 2 rings (SSSR count). The van der Waals surface area contributed by atoms with Gasteiger partial charge in [0.25, 0.3) is 5.91 Å². The van der Waals surface area contributed by atoms with Crippen molar-refractivity contribution in [1.82, 2.24) is 15.5 Å². The number of aryl methyl sites for hydroxylation is 1. The summed E-state index contributed by atoms with van der Waals surface area (Å²) in [5.74, 6) is 0.328. The molecule has 0 unspecified atom stereocenters. The quantitative estimate of drug-likeness (QED) is 0.793. The lowest BCUT2D eigenvalue weighted by molar-refractivity contribution is 0.0931. The Hall–Kier alpha value is -2.47. The zero-order chi connectivity index (χ0) is 15.1. The molecule has 0 radical (unpaired) electrons. The predicted molar refractivity (Wildman–Crippen MR) is 80.7 cm³/mol. The van der Waals surface area contributed by atoms with E-state index in [2.05, 4.69) is 20.8 Å². The maximum absolute atomic E-state index is 11.7. The molecule has 0 aliphatic rings. The lowest BCUT2D eigenvalue weighted by Crippen LogP contribution is -2.27. The van der Waals surface area contributed by atoms with Crippen LogP contribution >= 0.6 is 0 Å². The summed E-state index contributed by atoms with van der Waals surface area (Å²) in [6, 6.07) is 11.3. The number of carbonyl (C=O) groups excluding carboxylic acids is 1. The molecule has 0 atom stereocenters. The number of nitrogens with zero attached hydrogens (tertiary/aromatic N) is 2. The van der Waals surface area contributed by atoms with Crippen LogP contribution in [0.1, 0.15) is 16.1 Å². The maximum atomic E-state index is 11.7. The van der Waals surface area contributed by atoms with Gasteiger partial charge in [-0.05, 0) is 31.2 Å². The number of anilines is 2. The summed E-state index contributed by atoms with van der Waals surface area (Å²) >= 11 is 0. The molecule has 0 aliphatic carbocycles. The maximum Gasteiger partial charge on any atom is 0.271 e. The smallest absolute Gasteiger partial charge is 0.271 e. The standard InChI is InChI=1S/C15H18N4O2/c1-11-3-5-12(6-4-11)17-14-8-7-13(18-19-14)15(20)16-9-10-21-2/h3-8H,9-10H2,1-2H3,(H,16,20)(H,17,19). The summed E-state index contributed by atoms with van der Waals surface area (Å²) in [6.45, 7) is 2.94. The fourth-order valence-electron chi connectivity index (χ4n) is 1.66. The van der Waals surface area contributed by atoms with Crippen molar-refractivity contribution in [2.24, 2.45) is 0 Å². The number of carbonyl (C=O) groups is 1. The highest BCUT2D eigenvalue weighted by molar-refractivity contribution is 5.92. The van der Waals surface area contributed by atoms with Gasteiger partial charge in [0.1, 0.15) is 0 Å². The van der Waals surface area contributed by atoms with E-state index in [1.807, 2.05) is 31.2 Å². The van der Waals surface area contributed by atoms with Gasteiger partial charge in [0.2, 0.25) is 0 Å². The number of benzene rings is 1. The first-order valence-corrected chi connectivity index (χ1v) is 6.63. The Labute approximate surface area is 123 Å². The molecule has 2 aromatic rings. The van der Waals surface area contributed by atoms with Gasteiger partial charge in [0.05, 0.1) is 6.61 Å². The van der Waals surface area contributed by atoms with Gasteiger partial charge in [-0.2, -0.15) is 0 Å². The third kappa shape index (κ3) is 4.54. The Morgan fingerprint density at radius 3 is 2.52 bits per heavy atom. The zero-order valence-electron chi connectivity index (χ0n) is 12.1. The van der Waals surface area contributed by atoms with Gasteiger partial charge in [-0.3, -0.25) is 4.79 Å². The van der Waals surface area contributed by atoms with Crippen LogP contribution in [0.5, 0.6) is 0 Å². The van der Waals surface area contributed by atoms with Gasteiger partial charge in [-0.25, -0.2) is 0 Å². The fraction of sp³-hybridized carbons (Fsp3) is 0.267. The number of nitrogens with one attached hydrogen (secondary N) is 2. The van der Waals surface area contributed by atoms with Crippen LogP contribution in [0.4, 0.5) is 11.5 Å². The van der Waals surface area contributed by atoms with Crippen LogP contribution in [0.15, 0.2) is 36.4 Å². The van der Waals surface area contributed by atoms with Crippen LogP contribution in [0.2, 0.25) is 0 Å². The monoisotopic (exact) mass is 286 g/mol. The third-order valence-electron chi connectivity index (χ3n) is 2.81. The fourth-order valence-corrected chi connectivity index (χ4v) is 1.66. The van der Waals surface area contributed by atoms with Crippen LogP contribution in [0.25, 0.3) is 0 Å². The van der Waals surface area contributed by atoms with Crippen molar-refractivity contribution in [3.8, 4) is 0 Å². The van der Waals surface area contributed by atoms with E-state index >= 15 is 0 Å². The summed E-state index contributed by atoms with van der Waals surface area (Å²) in [6.07, 6.45) is 0. The van der Waals surface area contributed by atoms with Crippen LogP contribution in [0.3, 0.4) is 0 Å². The zero-order valence-corrected chi connectivity index (χ0v) is 12.1. The Bertz CT molecular complexity index is 582. The molecule has 0 saturated heterocycles. The van der Waals surface area contributed by atoms with Crippen molar-refractivity contribution >= 4 is 17.4 Å². The Kier molecular flexibility index (Phi) is 5.22. The second-order valence-corrected chi connectivity index (χ2v) is 4.54. The molecule has 21 heavy (non-hydrogen) atoms. The summed E-state index contributed by atoms with van der Waals surface area (Å²) in [5, 5.41) is 13.7. The van der Waals surface area contributed by atoms with E-state index in [-0.39, 0.29) is 11.6 Å². The van der Waals surface area contributed by atoms with Gasteiger partial charge in [0, 0.05) is 19.3 Å². The molecule has 0 saturated carbocycles. The average molecular weight is 286 g/mol. The van der Waals surface area contributed by atoms with Crippen molar-refractivity contribution in [1.29, 1.82) is 0 Å². The van der Waals surface area contributed by atoms with Crippen LogP contribution < -0.4 is 10.6 Å². The summed E-state index contributed by atoms with van der Waals surface area (Å²) in [7, 11) is 1.58. The second kappa shape index (κ2) is 7.35. The van der Waals surface area contributed by atoms with Crippen molar-refractivity contribution in [2.45, 2.75) is 6.92 Å². The number of amides is 1. The van der Waals surface area contributed by atoms with Gasteiger partial charge in [-0.1, -0.05) is 17.7 Å². The number of rotatable bonds is 6. The van der Waals surface area contributed by atoms with Gasteiger partial charge >= 0.3 is 0 Å². The van der Waals surface area contributed by atoms with E-state index in [9.17, 15) is 4.79 Å². The Morgan fingerprint density at radius 2 is 1.90 bits per heavy atom. The number of ether oxygens (including phenoxy) is 1. The minimum Gasteiger partial charge on any atom is -0.383 e. The van der Waals surface area contributed by atoms with E-state index in [1.165, 1.54) is 5.56 Å². The minimum absolute atomic E-state index is 0.263. The number of aromatic nitrogens is 2. The molecule has 0 aliphatic heterocycles. The summed E-state index contributed by atoms with van der Waals surface area (Å²) < 4.78 is 4.86. The topological polar surface area (TPSA) is 76.1 Å². The van der Waals surface area contributed by atoms with Crippen LogP contribution in [-0.2, 0) is 4.74 Å². The van der Waals surface area contributed by atoms with Gasteiger partial charge < -0.3 is 15.4 Å². The molecule has 0 fully saturated rings. The van der Waals surface area contributed by atoms with Crippen LogP contribution in [0, 0.1) is 6.92 Å². The van der Waals surface area contributed by atoms with Crippen molar-refractivity contribution in [2.75, 3.05) is 25.6 Å². The average Bonchev–Trinajstić information content (AvgIpc) is 2.50. The molecule has 1 amide bonds. The molecule has 0 spiro atoms. The molecule has 6 nitrogen and oxygen atoms in total. The van der Waals surface area contributed by atoms with E-state index in [0.29, 0.717) is 19.0 Å². The van der Waals surface area contributed by atoms with Crippen molar-refractivity contribution in [3.63, 3.8) is 0 Å². The number of hydrogen-bond acceptors (Lipinski definition) is 5. The molecule has 2 N–H and O–H groups in total. The molecule has 0 bridgehead atoms. The molecule has 1 aromatic carbocycles. The molecular weight excluding hydrogens is 268 g/mol.